The van der Waals surface area contributed by atoms with Crippen LogP contribution in [0.3, 0.4) is 0 Å². The highest BCUT2D eigenvalue weighted by atomic mass is 32.1. The maximum absolute atomic E-state index is 8.84. The number of ether oxygens (including phenoxy) is 2. The van der Waals surface area contributed by atoms with E-state index in [9.17, 15) is 0 Å². The molecule has 0 bridgehead atoms. The van der Waals surface area contributed by atoms with Crippen LogP contribution in [0.4, 0.5) is 0 Å². The normalized spacial score (nSPS) is 13.7. The Morgan fingerprint density at radius 3 is 1.69 bits per heavy atom. The lowest BCUT2D eigenvalue weighted by atomic mass is 10.2. The van der Waals surface area contributed by atoms with Gasteiger partial charge in [0, 0.05) is 6.42 Å². The summed E-state index contributed by atoms with van der Waals surface area (Å²) in [4.78, 5) is 7.73. The van der Waals surface area contributed by atoms with Crippen LogP contribution in [0.25, 0.3) is 43.1 Å². The van der Waals surface area contributed by atoms with Crippen molar-refractivity contribution in [1.82, 2.24) is 0 Å². The van der Waals surface area contributed by atoms with Crippen LogP contribution in [-0.2, 0) is 0 Å². The molecule has 174 valence electrons. The zero-order valence-corrected chi connectivity index (χ0v) is 19.5. The third kappa shape index (κ3) is 5.29. The van der Waals surface area contributed by atoms with Gasteiger partial charge in [-0.2, -0.15) is 0 Å². The zero-order valence-electron chi connectivity index (χ0n) is 18.7. The quantitative estimate of drug-likeness (QED) is 0.206. The van der Waals surface area contributed by atoms with Crippen molar-refractivity contribution in [3.63, 3.8) is 0 Å². The molecule has 1 aliphatic heterocycles. The van der Waals surface area contributed by atoms with Crippen LogP contribution in [-0.4, -0.2) is 13.2 Å². The summed E-state index contributed by atoms with van der Waals surface area (Å²) in [6.45, 7) is 14.9. The summed E-state index contributed by atoms with van der Waals surface area (Å²) in [5.74, 6) is 3.45. The Labute approximate surface area is 211 Å². The fourth-order valence-electron chi connectivity index (χ4n) is 3.19. The van der Waals surface area contributed by atoms with Crippen molar-refractivity contribution in [1.29, 1.82) is 10.5 Å². The Morgan fingerprint density at radius 1 is 0.806 bits per heavy atom. The molecule has 0 saturated heterocycles. The van der Waals surface area contributed by atoms with Gasteiger partial charge in [-0.05, 0) is 48.6 Å². The van der Waals surface area contributed by atoms with Gasteiger partial charge >= 0.3 is 0 Å². The molecule has 0 aromatic carbocycles. The van der Waals surface area contributed by atoms with Crippen molar-refractivity contribution in [3.8, 4) is 44.9 Å². The summed E-state index contributed by atoms with van der Waals surface area (Å²) in [6.07, 6.45) is 10.1. The molecule has 0 amide bonds. The van der Waals surface area contributed by atoms with Gasteiger partial charge in [0.1, 0.15) is 32.8 Å². The van der Waals surface area contributed by atoms with Crippen LogP contribution in [0.5, 0.6) is 11.5 Å². The van der Waals surface area contributed by atoms with E-state index in [1.807, 2.05) is 12.1 Å². The van der Waals surface area contributed by atoms with Gasteiger partial charge in [0.05, 0.1) is 38.5 Å². The molecule has 0 aliphatic carbocycles. The molecule has 4 rings (SSSR count). The molecule has 8 nitrogen and oxygen atoms in total. The van der Waals surface area contributed by atoms with Crippen LogP contribution in [0, 0.1) is 35.8 Å². The number of nitrogens with zero attached hydrogens (tertiary/aromatic N) is 4. The monoisotopic (exact) mass is 492 g/mol. The summed E-state index contributed by atoms with van der Waals surface area (Å²) in [5.41, 5.74) is -0.0326. The topological polar surface area (TPSA) is 101 Å². The summed E-state index contributed by atoms with van der Waals surface area (Å²) < 4.78 is 24.0. The van der Waals surface area contributed by atoms with Crippen molar-refractivity contribution in [2.45, 2.75) is 6.42 Å². The standard InChI is InChI=1S/C27H16N4O4S/c1-30-18(16-28)6-3-8-20-10-12-22(34-20)26-24-25(33-15-5-14-32-24)27(36-26)23-13-11-21(35-23)9-4-7-19(17-29)31-2/h3-4,6-13H,5,14-15H2/b8-3+,9-4+,18-6-,19-7+. The molecule has 3 aromatic rings. The lowest BCUT2D eigenvalue weighted by Crippen LogP contribution is -1.98. The molecule has 0 atom stereocenters. The van der Waals surface area contributed by atoms with Crippen molar-refractivity contribution in [2.75, 3.05) is 13.2 Å². The highest BCUT2D eigenvalue weighted by Crippen LogP contribution is 2.53. The van der Waals surface area contributed by atoms with Gasteiger partial charge in [-0.15, -0.1) is 11.3 Å². The second kappa shape index (κ2) is 11.3. The molecule has 0 unspecified atom stereocenters. The average molecular weight is 493 g/mol. The molecule has 1 aliphatic rings. The number of fused-ring (bicyclic) bond motifs is 1. The molecular formula is C27H16N4O4S. The molecule has 4 heterocycles. The summed E-state index contributed by atoms with van der Waals surface area (Å²) in [6, 6.07) is 10.8. The first kappa shape index (κ1) is 23.9. The Kier molecular flexibility index (Phi) is 7.49. The average Bonchev–Trinajstić information content (AvgIpc) is 3.60. The van der Waals surface area contributed by atoms with Crippen molar-refractivity contribution >= 4 is 23.5 Å². The van der Waals surface area contributed by atoms with Crippen LogP contribution < -0.4 is 9.47 Å². The van der Waals surface area contributed by atoms with Gasteiger partial charge in [-0.1, -0.05) is 12.2 Å². The molecule has 0 N–H and O–H groups in total. The Bertz CT molecular complexity index is 1420. The first-order valence-electron chi connectivity index (χ1n) is 10.6. The lowest BCUT2D eigenvalue weighted by Gasteiger charge is -2.04. The maximum Gasteiger partial charge on any atom is 0.261 e. The molecule has 3 aromatic heterocycles. The number of hydrogen-bond donors (Lipinski definition) is 0. The third-order valence-electron chi connectivity index (χ3n) is 4.80. The maximum atomic E-state index is 8.84. The molecule has 0 radical (unpaired) electrons. The van der Waals surface area contributed by atoms with Crippen LogP contribution in [0.15, 0.2) is 68.8 Å². The van der Waals surface area contributed by atoms with E-state index in [-0.39, 0.29) is 11.4 Å². The minimum atomic E-state index is -0.0163. The largest absolute Gasteiger partial charge is 0.488 e. The minimum Gasteiger partial charge on any atom is -0.488 e. The van der Waals surface area contributed by atoms with E-state index in [0.29, 0.717) is 47.8 Å². The molecule has 9 heteroatoms. The number of furan rings is 2. The Balaban J connectivity index is 1.66. The van der Waals surface area contributed by atoms with E-state index in [0.717, 1.165) is 16.2 Å². The number of hydrogen-bond acceptors (Lipinski definition) is 7. The first-order chi connectivity index (χ1) is 17.7. The minimum absolute atomic E-state index is 0.0163. The smallest absolute Gasteiger partial charge is 0.261 e. The van der Waals surface area contributed by atoms with Gasteiger partial charge in [0.25, 0.3) is 11.4 Å². The first-order valence-corrected chi connectivity index (χ1v) is 11.4. The number of rotatable bonds is 6. The molecule has 0 spiro atoms. The predicted octanol–water partition coefficient (Wildman–Crippen LogP) is 7.11. The SMILES string of the molecule is [C-]#[N+]/C(C#N)=C\C=C\c1ccc(-c2sc(-c3ccc(/C=C/C=C(\C#N)[N+]#[C-])o3)c3c2OCCCO3)o1. The van der Waals surface area contributed by atoms with Crippen molar-refractivity contribution < 1.29 is 18.3 Å². The van der Waals surface area contributed by atoms with Gasteiger partial charge < -0.3 is 18.3 Å². The second-order valence-corrected chi connectivity index (χ2v) is 8.16. The highest BCUT2D eigenvalue weighted by Gasteiger charge is 2.28. The Morgan fingerprint density at radius 2 is 1.28 bits per heavy atom. The molecule has 0 saturated carbocycles. The Hall–Kier alpha value is -5.22. The van der Waals surface area contributed by atoms with Crippen LogP contribution in [0.2, 0.25) is 0 Å². The van der Waals surface area contributed by atoms with E-state index in [1.54, 1.807) is 48.6 Å². The van der Waals surface area contributed by atoms with E-state index in [1.165, 1.54) is 23.5 Å². The van der Waals surface area contributed by atoms with Crippen LogP contribution >= 0.6 is 11.3 Å². The molecular weight excluding hydrogens is 476 g/mol. The van der Waals surface area contributed by atoms with E-state index < -0.39 is 0 Å². The number of thiophene rings is 1. The van der Waals surface area contributed by atoms with Gasteiger partial charge in [-0.3, -0.25) is 0 Å². The van der Waals surface area contributed by atoms with Crippen molar-refractivity contribution in [3.05, 3.63) is 94.3 Å². The van der Waals surface area contributed by atoms with E-state index >= 15 is 0 Å². The van der Waals surface area contributed by atoms with E-state index in [4.69, 9.17) is 42.0 Å². The van der Waals surface area contributed by atoms with Gasteiger partial charge in [0.2, 0.25) is 0 Å². The fourth-order valence-corrected chi connectivity index (χ4v) is 4.30. The van der Waals surface area contributed by atoms with Crippen LogP contribution in [0.1, 0.15) is 17.9 Å². The molecule has 0 fully saturated rings. The summed E-state index contributed by atoms with van der Waals surface area (Å²) in [5, 5.41) is 17.7. The van der Waals surface area contributed by atoms with Crippen molar-refractivity contribution in [2.24, 2.45) is 0 Å². The second-order valence-electron chi connectivity index (χ2n) is 7.14. The van der Waals surface area contributed by atoms with Gasteiger partial charge in [-0.25, -0.2) is 20.2 Å². The number of allylic oxidation sites excluding steroid dienone is 6. The van der Waals surface area contributed by atoms with E-state index in [2.05, 4.69) is 9.69 Å². The number of nitriles is 2. The molecule has 36 heavy (non-hydrogen) atoms. The summed E-state index contributed by atoms with van der Waals surface area (Å²) >= 11 is 1.41. The lowest BCUT2D eigenvalue weighted by molar-refractivity contribution is 0.297. The fraction of sp³-hybridized carbons (Fsp3) is 0.111. The summed E-state index contributed by atoms with van der Waals surface area (Å²) in [7, 11) is 0. The highest BCUT2D eigenvalue weighted by molar-refractivity contribution is 7.19. The van der Waals surface area contributed by atoms with Gasteiger partial charge in [0.15, 0.2) is 11.5 Å². The predicted molar refractivity (Wildman–Crippen MR) is 134 cm³/mol. The zero-order chi connectivity index (χ0) is 25.3. The third-order valence-corrected chi connectivity index (χ3v) is 5.99.